The minimum atomic E-state index is 0.836. The van der Waals surface area contributed by atoms with E-state index < -0.39 is 0 Å². The van der Waals surface area contributed by atoms with E-state index >= 15 is 0 Å². The highest BCUT2D eigenvalue weighted by Gasteiger charge is 2.15. The lowest BCUT2D eigenvalue weighted by molar-refractivity contribution is 0.317. The van der Waals surface area contributed by atoms with Gasteiger partial charge in [0.05, 0.1) is 23.3 Å². The molecule has 28 heavy (non-hydrogen) atoms. The van der Waals surface area contributed by atoms with E-state index in [4.69, 9.17) is 5.10 Å². The highest BCUT2D eigenvalue weighted by Crippen LogP contribution is 2.20. The summed E-state index contributed by atoms with van der Waals surface area (Å²) in [7, 11) is 2.14. The third-order valence-electron chi connectivity index (χ3n) is 4.98. The van der Waals surface area contributed by atoms with Crippen LogP contribution < -0.4 is 0 Å². The second kappa shape index (κ2) is 7.82. The molecule has 4 aromatic rings. The predicted molar refractivity (Wildman–Crippen MR) is 112 cm³/mol. The van der Waals surface area contributed by atoms with Crippen molar-refractivity contribution in [3.63, 3.8) is 0 Å². The average molecular weight is 371 g/mol. The summed E-state index contributed by atoms with van der Waals surface area (Å²) in [6.07, 6.45) is 4.04. The summed E-state index contributed by atoms with van der Waals surface area (Å²) in [6, 6.07) is 20.5. The molecular weight excluding hydrogens is 346 g/mol. The summed E-state index contributed by atoms with van der Waals surface area (Å²) < 4.78 is 3.96. The predicted octanol–water partition coefficient (Wildman–Crippen LogP) is 4.31. The van der Waals surface area contributed by atoms with Gasteiger partial charge in [-0.05, 0) is 45.2 Å². The van der Waals surface area contributed by atoms with Gasteiger partial charge in [-0.1, -0.05) is 36.4 Å². The molecule has 0 amide bonds. The van der Waals surface area contributed by atoms with E-state index in [9.17, 15) is 0 Å². The molecular formula is C23H25N5. The maximum absolute atomic E-state index is 4.76. The fourth-order valence-electron chi connectivity index (χ4n) is 3.53. The Bertz CT molecular complexity index is 1050. The fraction of sp³-hybridized carbons (Fsp3) is 0.217. The normalized spacial score (nSPS) is 11.3. The van der Waals surface area contributed by atoms with Gasteiger partial charge >= 0.3 is 0 Å². The standard InChI is InChI=1S/C23H25N5/c1-18-23(19(2)28(25-18)22-12-8-5-9-13-22)17-26(3)15-20-14-24-27(16-20)21-10-6-4-7-11-21/h4-14,16H,15,17H2,1-3H3. The molecule has 4 rings (SSSR count). The van der Waals surface area contributed by atoms with Crippen molar-refractivity contribution < 1.29 is 0 Å². The molecule has 0 aliphatic heterocycles. The molecule has 0 unspecified atom stereocenters. The molecule has 5 heteroatoms. The molecule has 0 aliphatic carbocycles. The van der Waals surface area contributed by atoms with Gasteiger partial charge in [-0.3, -0.25) is 4.90 Å². The highest BCUT2D eigenvalue weighted by molar-refractivity contribution is 5.37. The number of rotatable bonds is 6. The molecule has 0 fully saturated rings. The number of hydrogen-bond acceptors (Lipinski definition) is 3. The van der Waals surface area contributed by atoms with Crippen LogP contribution in [0.5, 0.6) is 0 Å². The molecule has 0 spiro atoms. The van der Waals surface area contributed by atoms with E-state index in [1.807, 2.05) is 52.0 Å². The lowest BCUT2D eigenvalue weighted by atomic mass is 10.2. The Hall–Kier alpha value is -3.18. The summed E-state index contributed by atoms with van der Waals surface area (Å²) in [5, 5.41) is 9.26. The number of nitrogens with zero attached hydrogens (tertiary/aromatic N) is 5. The van der Waals surface area contributed by atoms with E-state index in [0.29, 0.717) is 0 Å². The van der Waals surface area contributed by atoms with Gasteiger partial charge < -0.3 is 0 Å². The summed E-state index contributed by atoms with van der Waals surface area (Å²) in [5.74, 6) is 0. The molecule has 0 saturated heterocycles. The number of para-hydroxylation sites is 2. The first kappa shape index (κ1) is 18.2. The van der Waals surface area contributed by atoms with Gasteiger partial charge in [-0.15, -0.1) is 0 Å². The molecule has 142 valence electrons. The number of hydrogen-bond donors (Lipinski definition) is 0. The average Bonchev–Trinajstić information content (AvgIpc) is 3.29. The molecule has 0 saturated carbocycles. The van der Waals surface area contributed by atoms with E-state index in [-0.39, 0.29) is 0 Å². The third-order valence-corrected chi connectivity index (χ3v) is 4.98. The lowest BCUT2D eigenvalue weighted by Gasteiger charge is -2.16. The smallest absolute Gasteiger partial charge is 0.0648 e. The van der Waals surface area contributed by atoms with Gasteiger partial charge in [-0.2, -0.15) is 10.2 Å². The zero-order valence-electron chi connectivity index (χ0n) is 16.6. The first-order valence-corrected chi connectivity index (χ1v) is 9.50. The van der Waals surface area contributed by atoms with Crippen LogP contribution >= 0.6 is 0 Å². The Morgan fingerprint density at radius 1 is 0.857 bits per heavy atom. The molecule has 0 N–H and O–H groups in total. The first-order chi connectivity index (χ1) is 13.6. The monoisotopic (exact) mass is 371 g/mol. The molecule has 2 aromatic carbocycles. The Labute approximate surface area is 165 Å². The molecule has 0 atom stereocenters. The Morgan fingerprint density at radius 2 is 1.50 bits per heavy atom. The van der Waals surface area contributed by atoms with Crippen molar-refractivity contribution >= 4 is 0 Å². The maximum Gasteiger partial charge on any atom is 0.0648 e. The van der Waals surface area contributed by atoms with Crippen LogP contribution in [0.4, 0.5) is 0 Å². The van der Waals surface area contributed by atoms with Crippen molar-refractivity contribution in [2.45, 2.75) is 26.9 Å². The molecule has 0 bridgehead atoms. The van der Waals surface area contributed by atoms with E-state index in [1.54, 1.807) is 0 Å². The van der Waals surface area contributed by atoms with Crippen LogP contribution in [0.3, 0.4) is 0 Å². The lowest BCUT2D eigenvalue weighted by Crippen LogP contribution is -2.18. The van der Waals surface area contributed by atoms with Gasteiger partial charge in [-0.25, -0.2) is 9.36 Å². The van der Waals surface area contributed by atoms with Gasteiger partial charge in [0.25, 0.3) is 0 Å². The summed E-state index contributed by atoms with van der Waals surface area (Å²) in [6.45, 7) is 5.91. The Morgan fingerprint density at radius 3 is 2.18 bits per heavy atom. The van der Waals surface area contributed by atoms with Gasteiger partial charge in [0.15, 0.2) is 0 Å². The second-order valence-electron chi connectivity index (χ2n) is 7.20. The van der Waals surface area contributed by atoms with E-state index in [1.165, 1.54) is 16.8 Å². The van der Waals surface area contributed by atoms with Crippen LogP contribution in [-0.4, -0.2) is 31.5 Å². The van der Waals surface area contributed by atoms with E-state index in [2.05, 4.69) is 61.4 Å². The zero-order chi connectivity index (χ0) is 19.5. The van der Waals surface area contributed by atoms with Crippen LogP contribution in [0, 0.1) is 13.8 Å². The fourth-order valence-corrected chi connectivity index (χ4v) is 3.53. The first-order valence-electron chi connectivity index (χ1n) is 9.50. The summed E-state index contributed by atoms with van der Waals surface area (Å²) >= 11 is 0. The maximum atomic E-state index is 4.76. The molecule has 2 aromatic heterocycles. The van der Waals surface area contributed by atoms with Crippen molar-refractivity contribution in [2.75, 3.05) is 7.05 Å². The zero-order valence-corrected chi connectivity index (χ0v) is 16.6. The molecule has 0 aliphatic rings. The van der Waals surface area contributed by atoms with Crippen LogP contribution in [-0.2, 0) is 13.1 Å². The summed E-state index contributed by atoms with van der Waals surface area (Å²) in [4.78, 5) is 2.30. The number of aromatic nitrogens is 4. The number of benzene rings is 2. The van der Waals surface area contributed by atoms with Gasteiger partial charge in [0.2, 0.25) is 0 Å². The van der Waals surface area contributed by atoms with Crippen molar-refractivity contribution in [3.05, 3.63) is 95.6 Å². The molecule has 0 radical (unpaired) electrons. The van der Waals surface area contributed by atoms with Crippen molar-refractivity contribution in [1.29, 1.82) is 0 Å². The third kappa shape index (κ3) is 3.75. The van der Waals surface area contributed by atoms with Crippen molar-refractivity contribution in [1.82, 2.24) is 24.5 Å². The molecule has 2 heterocycles. The van der Waals surface area contributed by atoms with Crippen molar-refractivity contribution in [3.8, 4) is 11.4 Å². The van der Waals surface area contributed by atoms with Crippen LogP contribution in [0.25, 0.3) is 11.4 Å². The van der Waals surface area contributed by atoms with Crippen LogP contribution in [0.2, 0.25) is 0 Å². The van der Waals surface area contributed by atoms with Gasteiger partial charge in [0, 0.05) is 36.1 Å². The molecule has 5 nitrogen and oxygen atoms in total. The topological polar surface area (TPSA) is 38.9 Å². The Balaban J connectivity index is 1.48. The minimum Gasteiger partial charge on any atom is -0.298 e. The van der Waals surface area contributed by atoms with E-state index in [0.717, 1.165) is 30.2 Å². The minimum absolute atomic E-state index is 0.836. The Kier molecular flexibility index (Phi) is 5.08. The summed E-state index contributed by atoms with van der Waals surface area (Å²) in [5.41, 5.74) is 6.91. The van der Waals surface area contributed by atoms with Crippen LogP contribution in [0.15, 0.2) is 73.1 Å². The quantitative estimate of drug-likeness (QED) is 0.507. The second-order valence-corrected chi connectivity index (χ2v) is 7.20. The van der Waals surface area contributed by atoms with Crippen LogP contribution in [0.1, 0.15) is 22.5 Å². The number of aryl methyl sites for hydroxylation is 1. The highest BCUT2D eigenvalue weighted by atomic mass is 15.3. The largest absolute Gasteiger partial charge is 0.298 e. The van der Waals surface area contributed by atoms with Gasteiger partial charge in [0.1, 0.15) is 0 Å². The van der Waals surface area contributed by atoms with Crippen molar-refractivity contribution in [2.24, 2.45) is 0 Å². The SMILES string of the molecule is Cc1nn(-c2ccccc2)c(C)c1CN(C)Cc1cnn(-c2ccccc2)c1.